The van der Waals surface area contributed by atoms with Crippen LogP contribution in [0.2, 0.25) is 0 Å². The molecule has 0 nitrogen and oxygen atoms in total. The van der Waals surface area contributed by atoms with Crippen LogP contribution in [0.15, 0.2) is 121 Å². The summed E-state index contributed by atoms with van der Waals surface area (Å²) in [7, 11) is 0. The Hall–Kier alpha value is -3.03. The maximum atomic E-state index is 2.99. The van der Waals surface area contributed by atoms with Crippen LogP contribution in [0.3, 0.4) is 0 Å². The predicted molar refractivity (Wildman–Crippen MR) is 181 cm³/mol. The molecule has 0 unspecified atom stereocenters. The predicted octanol–water partition coefficient (Wildman–Crippen LogP) is 10.8. The van der Waals surface area contributed by atoms with Crippen LogP contribution < -0.4 is 0 Å². The summed E-state index contributed by atoms with van der Waals surface area (Å²) in [6.07, 6.45) is 12.3. The molecule has 0 saturated carbocycles. The van der Waals surface area contributed by atoms with Gasteiger partial charge in [-0.3, -0.25) is 6.08 Å². The van der Waals surface area contributed by atoms with Crippen molar-refractivity contribution in [2.45, 2.75) is 71.6 Å². The average Bonchev–Trinajstić information content (AvgIpc) is 3.65. The van der Waals surface area contributed by atoms with Gasteiger partial charge in [-0.1, -0.05) is 76.9 Å². The Balaban J connectivity index is 0.000000170. The number of hydrogen-bond donors (Lipinski definition) is 0. The van der Waals surface area contributed by atoms with Gasteiger partial charge in [-0.2, -0.15) is 6.08 Å². The SMILES string of the molecule is CC(C)(C)c1ccc2c(c1)[cH-]c1cc(C(C)(C)C)ccc12.[C-]1=CC=CC1.[Hf+2]=[C](Cc1ccccc1)Cc1ccccc1. The van der Waals surface area contributed by atoms with Gasteiger partial charge in [0.2, 0.25) is 0 Å². The zero-order valence-electron chi connectivity index (χ0n) is 26.2. The van der Waals surface area contributed by atoms with Gasteiger partial charge in [0.1, 0.15) is 0 Å². The number of fused-ring (bicyclic) bond motifs is 3. The molecule has 0 aliphatic heterocycles. The van der Waals surface area contributed by atoms with E-state index in [1.54, 1.807) is 3.26 Å². The molecule has 0 spiro atoms. The van der Waals surface area contributed by atoms with Gasteiger partial charge in [0.05, 0.1) is 0 Å². The van der Waals surface area contributed by atoms with Gasteiger partial charge in [0, 0.05) is 0 Å². The van der Waals surface area contributed by atoms with Gasteiger partial charge in [-0.15, -0.1) is 46.2 Å². The van der Waals surface area contributed by atoms with Gasteiger partial charge < -0.3 is 0 Å². The molecule has 0 saturated heterocycles. The maximum absolute atomic E-state index is 2.99. The quantitative estimate of drug-likeness (QED) is 0.128. The molecule has 42 heavy (non-hydrogen) atoms. The van der Waals surface area contributed by atoms with E-state index in [0.29, 0.717) is 0 Å². The normalized spacial score (nSPS) is 12.6. The van der Waals surface area contributed by atoms with E-state index in [1.807, 2.05) is 12.2 Å². The fourth-order valence-electron chi connectivity index (χ4n) is 5.04. The zero-order chi connectivity index (χ0) is 30.2. The van der Waals surface area contributed by atoms with Crippen molar-refractivity contribution in [3.05, 3.63) is 150 Å². The number of rotatable bonds is 4. The minimum atomic E-state index is 0.203. The Labute approximate surface area is 268 Å². The van der Waals surface area contributed by atoms with Crippen LogP contribution in [0.1, 0.15) is 70.2 Å². The molecule has 0 aromatic heterocycles. The third-order valence-corrected chi connectivity index (χ3v) is 8.81. The fourth-order valence-corrected chi connectivity index (χ4v) is 6.51. The Kier molecular flexibility index (Phi) is 11.0. The average molecular weight is 715 g/mol. The van der Waals surface area contributed by atoms with Crippen molar-refractivity contribution < 1.29 is 23.9 Å². The molecule has 5 aromatic rings. The van der Waals surface area contributed by atoms with Crippen molar-refractivity contribution in [2.75, 3.05) is 0 Å². The van der Waals surface area contributed by atoms with Crippen LogP contribution in [0.5, 0.6) is 0 Å². The van der Waals surface area contributed by atoms with Gasteiger partial charge >= 0.3 is 112 Å². The van der Waals surface area contributed by atoms with E-state index in [4.69, 9.17) is 0 Å². The first-order valence-corrected chi connectivity index (χ1v) is 16.8. The van der Waals surface area contributed by atoms with E-state index in [-0.39, 0.29) is 10.8 Å². The van der Waals surface area contributed by atoms with Crippen LogP contribution in [-0.4, -0.2) is 3.26 Å². The van der Waals surface area contributed by atoms with Crippen molar-refractivity contribution in [1.82, 2.24) is 0 Å². The molecule has 0 heterocycles. The van der Waals surface area contributed by atoms with Gasteiger partial charge in [0.15, 0.2) is 0 Å². The van der Waals surface area contributed by atoms with Crippen molar-refractivity contribution in [2.24, 2.45) is 0 Å². The molecular weight excluding hydrogens is 671 g/mol. The molecule has 0 amide bonds. The second-order valence-electron chi connectivity index (χ2n) is 13.2. The van der Waals surface area contributed by atoms with Crippen LogP contribution in [0.4, 0.5) is 0 Å². The molecule has 212 valence electrons. The Morgan fingerprint density at radius 3 is 1.45 bits per heavy atom. The molecule has 0 radical (unpaired) electrons. The van der Waals surface area contributed by atoms with Crippen molar-refractivity contribution in [3.63, 3.8) is 0 Å². The summed E-state index contributed by atoms with van der Waals surface area (Å²) in [5, 5.41) is 5.48. The Morgan fingerprint density at radius 2 is 1.12 bits per heavy atom. The molecule has 6 rings (SSSR count). The third-order valence-electron chi connectivity index (χ3n) is 7.54. The van der Waals surface area contributed by atoms with Gasteiger partial charge in [0.25, 0.3) is 0 Å². The molecule has 0 atom stereocenters. The Morgan fingerprint density at radius 1 is 0.667 bits per heavy atom. The first kappa shape index (κ1) is 31.9. The zero-order valence-corrected chi connectivity index (χ0v) is 29.8. The molecule has 5 aromatic carbocycles. The van der Waals surface area contributed by atoms with Gasteiger partial charge in [-0.05, 0) is 10.8 Å². The summed E-state index contributed by atoms with van der Waals surface area (Å²) in [6, 6.07) is 37.6. The molecule has 0 bridgehead atoms. The van der Waals surface area contributed by atoms with Crippen LogP contribution in [0.25, 0.3) is 21.5 Å². The first-order chi connectivity index (χ1) is 20.0. The van der Waals surface area contributed by atoms with Crippen molar-refractivity contribution in [3.8, 4) is 0 Å². The summed E-state index contributed by atoms with van der Waals surface area (Å²) in [4.78, 5) is 0. The summed E-state index contributed by atoms with van der Waals surface area (Å²) < 4.78 is 1.65. The van der Waals surface area contributed by atoms with Gasteiger partial charge in [-0.25, -0.2) is 12.2 Å². The first-order valence-electron chi connectivity index (χ1n) is 15.0. The summed E-state index contributed by atoms with van der Waals surface area (Å²) >= 11 is 1.18. The van der Waals surface area contributed by atoms with Crippen molar-refractivity contribution in [1.29, 1.82) is 0 Å². The van der Waals surface area contributed by atoms with E-state index < -0.39 is 0 Å². The van der Waals surface area contributed by atoms with E-state index in [0.717, 1.165) is 19.3 Å². The number of allylic oxidation sites excluding steroid dienone is 4. The number of hydrogen-bond acceptors (Lipinski definition) is 0. The second-order valence-corrected chi connectivity index (χ2v) is 15.7. The van der Waals surface area contributed by atoms with E-state index >= 15 is 0 Å². The Bertz CT molecular complexity index is 1530. The van der Waals surface area contributed by atoms with E-state index in [1.165, 1.54) is 67.7 Å². The summed E-state index contributed by atoms with van der Waals surface area (Å²) in [5.41, 5.74) is 6.08. The fraction of sp³-hybridized carbons (Fsp3) is 0.268. The number of benzene rings is 4. The van der Waals surface area contributed by atoms with E-state index in [9.17, 15) is 0 Å². The monoisotopic (exact) mass is 716 g/mol. The van der Waals surface area contributed by atoms with Crippen LogP contribution in [-0.2, 0) is 47.6 Å². The summed E-state index contributed by atoms with van der Waals surface area (Å²) in [5.74, 6) is 0. The van der Waals surface area contributed by atoms with E-state index in [2.05, 4.69) is 157 Å². The van der Waals surface area contributed by atoms with Crippen LogP contribution in [0, 0.1) is 6.08 Å². The molecule has 1 aliphatic carbocycles. The molecule has 0 fully saturated rings. The summed E-state index contributed by atoms with van der Waals surface area (Å²) in [6.45, 7) is 13.6. The topological polar surface area (TPSA) is 0 Å². The molecule has 1 heteroatoms. The standard InChI is InChI=1S/C21H25.C15H14.C5H5.Hf/c1-20(2,3)16-7-9-18-14(12-16)11-15-13-17(21(4,5)6)8-10-19(15)18;1-3-8-14(9-4-1)12-7-13-15-10-5-2-6-11-15;1-2-4-5-3-1;/h7-13H,1-6H3;1-6,8-11H,12-13H2;1-3H,4H2;/q-1;;-1;+2. The van der Waals surface area contributed by atoms with Crippen LogP contribution >= 0.6 is 0 Å². The molecule has 0 N–H and O–H groups in total. The second kappa shape index (κ2) is 14.4. The molecule has 1 aliphatic rings. The molecular formula is C41H44Hf. The van der Waals surface area contributed by atoms with Crippen molar-refractivity contribution >= 4 is 24.8 Å². The third kappa shape index (κ3) is 9.23. The minimum absolute atomic E-state index is 0.203.